The fourth-order valence-corrected chi connectivity index (χ4v) is 4.15. The molecule has 2 aromatic carbocycles. The van der Waals surface area contributed by atoms with E-state index in [9.17, 15) is 14.4 Å². The lowest BCUT2D eigenvalue weighted by Gasteiger charge is -2.26. The van der Waals surface area contributed by atoms with E-state index < -0.39 is 29.6 Å². The quantitative estimate of drug-likeness (QED) is 0.711. The second-order valence-electron chi connectivity index (χ2n) is 8.66. The smallest absolute Gasteiger partial charge is 0.417 e. The number of ether oxygens (including phenoxy) is 2. The molecule has 2 aromatic rings. The van der Waals surface area contributed by atoms with Crippen LogP contribution in [0.15, 0.2) is 48.5 Å². The van der Waals surface area contributed by atoms with Crippen molar-refractivity contribution in [2.24, 2.45) is 0 Å². The molecule has 1 aliphatic carbocycles. The molecule has 1 atom stereocenters. The molecule has 4 rings (SSSR count). The summed E-state index contributed by atoms with van der Waals surface area (Å²) in [5.74, 6) is -1.07. The van der Waals surface area contributed by atoms with Crippen LogP contribution in [0.4, 0.5) is 4.79 Å². The summed E-state index contributed by atoms with van der Waals surface area (Å²) in [6.45, 7) is 5.30. The minimum atomic E-state index is -0.945. The van der Waals surface area contributed by atoms with Gasteiger partial charge in [0.15, 0.2) is 0 Å². The second kappa shape index (κ2) is 7.59. The Hall–Kier alpha value is -3.15. The second-order valence-corrected chi connectivity index (χ2v) is 8.66. The van der Waals surface area contributed by atoms with E-state index in [1.807, 2.05) is 36.4 Å². The third-order valence-electron chi connectivity index (χ3n) is 5.43. The van der Waals surface area contributed by atoms with Crippen molar-refractivity contribution >= 4 is 18.0 Å². The minimum absolute atomic E-state index is 0.0755. The van der Waals surface area contributed by atoms with E-state index in [4.69, 9.17) is 9.47 Å². The lowest BCUT2D eigenvalue weighted by molar-refractivity contribution is -0.151. The molecule has 0 unspecified atom stereocenters. The molecule has 6 heteroatoms. The Labute approximate surface area is 175 Å². The highest BCUT2D eigenvalue weighted by Gasteiger charge is 2.43. The van der Waals surface area contributed by atoms with Gasteiger partial charge in [-0.3, -0.25) is 4.79 Å². The Kier molecular flexibility index (Phi) is 5.10. The van der Waals surface area contributed by atoms with Gasteiger partial charge in [-0.2, -0.15) is 0 Å². The zero-order chi connectivity index (χ0) is 21.5. The van der Waals surface area contributed by atoms with Gasteiger partial charge in [0.2, 0.25) is 5.91 Å². The van der Waals surface area contributed by atoms with Gasteiger partial charge in [-0.05, 0) is 49.4 Å². The van der Waals surface area contributed by atoms with Crippen LogP contribution in [-0.2, 0) is 19.1 Å². The van der Waals surface area contributed by atoms with Crippen molar-refractivity contribution in [1.29, 1.82) is 0 Å². The molecular weight excluding hydrogens is 382 g/mol. The molecule has 1 fully saturated rings. The molecule has 0 aromatic heterocycles. The third kappa shape index (κ3) is 3.70. The number of rotatable bonds is 3. The molecule has 6 nitrogen and oxygen atoms in total. The zero-order valence-electron chi connectivity index (χ0n) is 17.4. The van der Waals surface area contributed by atoms with Gasteiger partial charge in [0.25, 0.3) is 0 Å². The van der Waals surface area contributed by atoms with Gasteiger partial charge in [-0.1, -0.05) is 48.5 Å². The maximum absolute atomic E-state index is 12.8. The summed E-state index contributed by atoms with van der Waals surface area (Å²) >= 11 is 0. The molecule has 0 spiro atoms. The highest BCUT2D eigenvalue weighted by molar-refractivity contribution is 5.99. The average Bonchev–Trinajstić information content (AvgIpc) is 3.23. The van der Waals surface area contributed by atoms with E-state index >= 15 is 0 Å². The highest BCUT2D eigenvalue weighted by Crippen LogP contribution is 2.44. The molecule has 1 saturated heterocycles. The average molecular weight is 407 g/mol. The van der Waals surface area contributed by atoms with Gasteiger partial charge < -0.3 is 9.47 Å². The molecular formula is C24H25NO5. The summed E-state index contributed by atoms with van der Waals surface area (Å²) in [6.07, 6.45) is -0.438. The number of hydrogen-bond acceptors (Lipinski definition) is 5. The van der Waals surface area contributed by atoms with Crippen LogP contribution in [0.1, 0.15) is 50.7 Å². The van der Waals surface area contributed by atoms with Crippen LogP contribution >= 0.6 is 0 Å². The first-order valence-electron chi connectivity index (χ1n) is 10.2. The van der Waals surface area contributed by atoms with Crippen molar-refractivity contribution in [3.8, 4) is 11.1 Å². The normalized spacial score (nSPS) is 18.2. The first kappa shape index (κ1) is 20.1. The monoisotopic (exact) mass is 407 g/mol. The van der Waals surface area contributed by atoms with Crippen LogP contribution < -0.4 is 0 Å². The predicted octanol–water partition coefficient (Wildman–Crippen LogP) is 4.27. The molecule has 1 aliphatic heterocycles. The van der Waals surface area contributed by atoms with E-state index in [0.717, 1.165) is 27.2 Å². The SMILES string of the molecule is CC(C)(C)OC(=O)N1C(=O)CC[C@@H]1C(=O)OCC1c2ccccc2-c2ccccc21. The number of hydrogen-bond donors (Lipinski definition) is 0. The molecule has 2 aliphatic rings. The standard InChI is InChI=1S/C24H25NO5/c1-24(2,3)30-23(28)25-20(12-13-21(25)26)22(27)29-14-19-17-10-6-4-8-15(17)16-9-5-7-11-18(16)19/h4-11,19-20H,12-14H2,1-3H3/t20-/m1/s1. The summed E-state index contributed by atoms with van der Waals surface area (Å²) < 4.78 is 10.9. The van der Waals surface area contributed by atoms with E-state index in [1.54, 1.807) is 20.8 Å². The largest absolute Gasteiger partial charge is 0.463 e. The van der Waals surface area contributed by atoms with Crippen LogP contribution in [0.5, 0.6) is 0 Å². The fraction of sp³-hybridized carbons (Fsp3) is 0.375. The lowest BCUT2D eigenvalue weighted by atomic mass is 9.98. The number of esters is 1. The molecule has 30 heavy (non-hydrogen) atoms. The number of benzene rings is 2. The van der Waals surface area contributed by atoms with Gasteiger partial charge in [0.1, 0.15) is 18.2 Å². The number of amides is 2. The van der Waals surface area contributed by atoms with Crippen LogP contribution in [0.3, 0.4) is 0 Å². The summed E-state index contributed by atoms with van der Waals surface area (Å²) in [7, 11) is 0. The summed E-state index contributed by atoms with van der Waals surface area (Å²) in [4.78, 5) is 38.4. The van der Waals surface area contributed by atoms with Crippen molar-refractivity contribution in [1.82, 2.24) is 4.90 Å². The van der Waals surface area contributed by atoms with Crippen molar-refractivity contribution in [2.75, 3.05) is 6.61 Å². The van der Waals surface area contributed by atoms with Gasteiger partial charge in [-0.15, -0.1) is 0 Å². The first-order chi connectivity index (χ1) is 14.3. The van der Waals surface area contributed by atoms with E-state index in [0.29, 0.717) is 0 Å². The van der Waals surface area contributed by atoms with Gasteiger partial charge in [0, 0.05) is 12.3 Å². The van der Waals surface area contributed by atoms with Gasteiger partial charge >= 0.3 is 12.1 Å². The molecule has 2 amide bonds. The molecule has 156 valence electrons. The van der Waals surface area contributed by atoms with Crippen LogP contribution in [0.2, 0.25) is 0 Å². The van der Waals surface area contributed by atoms with E-state index in [2.05, 4.69) is 12.1 Å². The van der Waals surface area contributed by atoms with E-state index in [-0.39, 0.29) is 25.4 Å². The number of fused-ring (bicyclic) bond motifs is 3. The van der Waals surface area contributed by atoms with Crippen molar-refractivity contribution in [2.45, 2.75) is 51.2 Å². The lowest BCUT2D eigenvalue weighted by Crippen LogP contribution is -2.46. The first-order valence-corrected chi connectivity index (χ1v) is 10.2. The Morgan fingerprint density at radius 1 is 1.00 bits per heavy atom. The van der Waals surface area contributed by atoms with Crippen molar-refractivity contribution < 1.29 is 23.9 Å². The number of imide groups is 1. The Morgan fingerprint density at radius 3 is 2.13 bits per heavy atom. The van der Waals surface area contributed by atoms with Crippen molar-refractivity contribution in [3.63, 3.8) is 0 Å². The van der Waals surface area contributed by atoms with Crippen LogP contribution in [0, 0.1) is 0 Å². The van der Waals surface area contributed by atoms with Crippen molar-refractivity contribution in [3.05, 3.63) is 59.7 Å². The number of nitrogens with zero attached hydrogens (tertiary/aromatic N) is 1. The maximum Gasteiger partial charge on any atom is 0.417 e. The molecule has 0 radical (unpaired) electrons. The summed E-state index contributed by atoms with van der Waals surface area (Å²) in [5, 5.41) is 0. The van der Waals surface area contributed by atoms with Crippen LogP contribution in [-0.4, -0.2) is 41.1 Å². The maximum atomic E-state index is 12.8. The molecule has 1 heterocycles. The van der Waals surface area contributed by atoms with E-state index in [1.165, 1.54) is 0 Å². The predicted molar refractivity (Wildman–Crippen MR) is 111 cm³/mol. The van der Waals surface area contributed by atoms with Crippen LogP contribution in [0.25, 0.3) is 11.1 Å². The Bertz CT molecular complexity index is 961. The molecule has 0 bridgehead atoms. The summed E-state index contributed by atoms with van der Waals surface area (Å²) in [5.41, 5.74) is 3.74. The van der Waals surface area contributed by atoms with Gasteiger partial charge in [-0.25, -0.2) is 14.5 Å². The molecule has 0 saturated carbocycles. The number of carbonyl (C=O) groups is 3. The summed E-state index contributed by atoms with van der Waals surface area (Å²) in [6, 6.07) is 15.2. The highest BCUT2D eigenvalue weighted by atomic mass is 16.6. The third-order valence-corrected chi connectivity index (χ3v) is 5.43. The topological polar surface area (TPSA) is 72.9 Å². The van der Waals surface area contributed by atoms with Gasteiger partial charge in [0.05, 0.1) is 0 Å². The molecule has 0 N–H and O–H groups in total. The Morgan fingerprint density at radius 2 is 1.57 bits per heavy atom. The minimum Gasteiger partial charge on any atom is -0.463 e. The number of carbonyl (C=O) groups excluding carboxylic acids is 3. The fourth-order valence-electron chi connectivity index (χ4n) is 4.15. The number of likely N-dealkylation sites (tertiary alicyclic amines) is 1. The Balaban J connectivity index is 1.50. The zero-order valence-corrected chi connectivity index (χ0v) is 17.4.